The number of aryl methyl sites for hydroxylation is 1. The molecule has 39 heavy (non-hydrogen) atoms. The highest BCUT2D eigenvalue weighted by molar-refractivity contribution is 9.10. The molecule has 3 rings (SSSR count). The SMILES string of the molecule is CCCCCc1ccc(CNC(=O)c2ccc(CN(Cc3ccc(C(F)(F)F)cc3)OC(C)=O)c(Br)c2)cc1. The highest BCUT2D eigenvalue weighted by atomic mass is 79.9. The number of amides is 1. The van der Waals surface area contributed by atoms with Gasteiger partial charge in [0.15, 0.2) is 0 Å². The third kappa shape index (κ3) is 9.82. The second kappa shape index (κ2) is 14.3. The van der Waals surface area contributed by atoms with E-state index in [2.05, 4.69) is 40.3 Å². The first-order valence-electron chi connectivity index (χ1n) is 12.8. The third-order valence-corrected chi connectivity index (χ3v) is 6.84. The largest absolute Gasteiger partial charge is 0.416 e. The Labute approximate surface area is 235 Å². The van der Waals surface area contributed by atoms with Crippen molar-refractivity contribution in [2.45, 2.75) is 65.3 Å². The zero-order valence-corrected chi connectivity index (χ0v) is 23.6. The van der Waals surface area contributed by atoms with E-state index in [0.717, 1.165) is 29.7 Å². The fourth-order valence-corrected chi connectivity index (χ4v) is 4.50. The average Bonchev–Trinajstić information content (AvgIpc) is 2.88. The van der Waals surface area contributed by atoms with E-state index in [1.807, 2.05) is 12.1 Å². The number of nitrogens with zero attached hydrogens (tertiary/aromatic N) is 1. The van der Waals surface area contributed by atoms with Crippen molar-refractivity contribution in [3.63, 3.8) is 0 Å². The maximum absolute atomic E-state index is 12.9. The minimum absolute atomic E-state index is 0.0871. The van der Waals surface area contributed by atoms with Gasteiger partial charge in [-0.15, -0.1) is 5.06 Å². The summed E-state index contributed by atoms with van der Waals surface area (Å²) in [6, 6.07) is 18.0. The van der Waals surface area contributed by atoms with Crippen LogP contribution in [-0.2, 0) is 41.9 Å². The van der Waals surface area contributed by atoms with Crippen LogP contribution < -0.4 is 5.32 Å². The van der Waals surface area contributed by atoms with Crippen molar-refractivity contribution in [1.82, 2.24) is 10.4 Å². The molecule has 0 heterocycles. The molecule has 5 nitrogen and oxygen atoms in total. The molecule has 0 aliphatic heterocycles. The first kappa shape index (κ1) is 30.4. The Morgan fingerprint density at radius 1 is 0.897 bits per heavy atom. The van der Waals surface area contributed by atoms with E-state index in [9.17, 15) is 22.8 Å². The number of hydrogen-bond donors (Lipinski definition) is 1. The van der Waals surface area contributed by atoms with E-state index >= 15 is 0 Å². The van der Waals surface area contributed by atoms with Gasteiger partial charge in [0.25, 0.3) is 5.91 Å². The molecule has 0 aromatic heterocycles. The van der Waals surface area contributed by atoms with Gasteiger partial charge in [0.1, 0.15) is 0 Å². The van der Waals surface area contributed by atoms with Gasteiger partial charge in [-0.2, -0.15) is 13.2 Å². The minimum atomic E-state index is -4.43. The summed E-state index contributed by atoms with van der Waals surface area (Å²) in [6.07, 6.45) is 0.207. The van der Waals surface area contributed by atoms with Crippen LogP contribution in [0, 0.1) is 0 Å². The summed E-state index contributed by atoms with van der Waals surface area (Å²) in [4.78, 5) is 29.7. The Kier molecular flexibility index (Phi) is 11.1. The molecule has 0 radical (unpaired) electrons. The summed E-state index contributed by atoms with van der Waals surface area (Å²) < 4.78 is 39.2. The summed E-state index contributed by atoms with van der Waals surface area (Å²) in [6.45, 7) is 4.09. The number of carbonyl (C=O) groups is 2. The maximum atomic E-state index is 12.9. The van der Waals surface area contributed by atoms with E-state index < -0.39 is 17.7 Å². The van der Waals surface area contributed by atoms with Crippen LogP contribution in [-0.4, -0.2) is 16.9 Å². The standard InChI is InChI=1S/C30H32BrF3N2O3/c1-3-4-5-6-22-7-9-23(10-8-22)18-35-29(38)25-13-14-26(28(31)17-25)20-36(39-21(2)37)19-24-11-15-27(16-12-24)30(32,33)34/h7-17H,3-6,18-20H2,1-2H3,(H,35,38). The van der Waals surface area contributed by atoms with Gasteiger partial charge in [0, 0.05) is 23.5 Å². The summed E-state index contributed by atoms with van der Waals surface area (Å²) in [7, 11) is 0. The normalized spacial score (nSPS) is 11.5. The Morgan fingerprint density at radius 3 is 2.13 bits per heavy atom. The fourth-order valence-electron chi connectivity index (χ4n) is 4.00. The number of hydrogen-bond acceptors (Lipinski definition) is 4. The highest BCUT2D eigenvalue weighted by Gasteiger charge is 2.30. The molecule has 3 aromatic rings. The van der Waals surface area contributed by atoms with Crippen molar-refractivity contribution >= 4 is 27.8 Å². The lowest BCUT2D eigenvalue weighted by Crippen LogP contribution is -2.26. The highest BCUT2D eigenvalue weighted by Crippen LogP contribution is 2.29. The van der Waals surface area contributed by atoms with Crippen LogP contribution in [0.5, 0.6) is 0 Å². The predicted molar refractivity (Wildman–Crippen MR) is 147 cm³/mol. The van der Waals surface area contributed by atoms with Crippen molar-refractivity contribution in [3.05, 3.63) is 105 Å². The van der Waals surface area contributed by atoms with Gasteiger partial charge in [-0.1, -0.05) is 78.2 Å². The number of benzene rings is 3. The Bertz CT molecular complexity index is 1250. The van der Waals surface area contributed by atoms with Crippen molar-refractivity contribution in [1.29, 1.82) is 0 Å². The number of carbonyl (C=O) groups excluding carboxylic acids is 2. The zero-order valence-electron chi connectivity index (χ0n) is 22.0. The van der Waals surface area contributed by atoms with Gasteiger partial charge >= 0.3 is 12.1 Å². The van der Waals surface area contributed by atoms with Crippen molar-refractivity contribution in [2.75, 3.05) is 0 Å². The fraction of sp³-hybridized carbons (Fsp3) is 0.333. The Morgan fingerprint density at radius 2 is 1.54 bits per heavy atom. The molecule has 0 unspecified atom stereocenters. The van der Waals surface area contributed by atoms with Gasteiger partial charge in [-0.3, -0.25) is 9.59 Å². The lowest BCUT2D eigenvalue weighted by Gasteiger charge is -2.22. The van der Waals surface area contributed by atoms with Gasteiger partial charge in [-0.25, -0.2) is 0 Å². The number of hydroxylamine groups is 2. The van der Waals surface area contributed by atoms with Gasteiger partial charge < -0.3 is 10.2 Å². The second-order valence-corrected chi connectivity index (χ2v) is 10.2. The Balaban J connectivity index is 1.60. The summed E-state index contributed by atoms with van der Waals surface area (Å²) in [5, 5.41) is 4.29. The van der Waals surface area contributed by atoms with Crippen LogP contribution in [0.25, 0.3) is 0 Å². The molecule has 1 amide bonds. The van der Waals surface area contributed by atoms with Gasteiger partial charge in [0.05, 0.1) is 18.7 Å². The first-order chi connectivity index (χ1) is 18.5. The van der Waals surface area contributed by atoms with Crippen LogP contribution >= 0.6 is 15.9 Å². The molecule has 0 aliphatic rings. The molecule has 9 heteroatoms. The number of rotatable bonds is 12. The molecular weight excluding hydrogens is 573 g/mol. The van der Waals surface area contributed by atoms with Crippen LogP contribution in [0.2, 0.25) is 0 Å². The average molecular weight is 605 g/mol. The van der Waals surface area contributed by atoms with E-state index in [-0.39, 0.29) is 19.0 Å². The van der Waals surface area contributed by atoms with Crippen molar-refractivity contribution in [2.24, 2.45) is 0 Å². The smallest absolute Gasteiger partial charge is 0.368 e. The molecule has 0 spiro atoms. The van der Waals surface area contributed by atoms with Crippen LogP contribution in [0.1, 0.15) is 71.3 Å². The van der Waals surface area contributed by atoms with Crippen LogP contribution in [0.4, 0.5) is 13.2 Å². The zero-order chi connectivity index (χ0) is 28.4. The topological polar surface area (TPSA) is 58.6 Å². The lowest BCUT2D eigenvalue weighted by atomic mass is 10.1. The van der Waals surface area contributed by atoms with Crippen LogP contribution in [0.15, 0.2) is 71.2 Å². The van der Waals surface area contributed by atoms with E-state index in [4.69, 9.17) is 4.84 Å². The summed E-state index contributed by atoms with van der Waals surface area (Å²) >= 11 is 3.48. The number of halogens is 4. The molecular formula is C30H32BrF3N2O3. The third-order valence-electron chi connectivity index (χ3n) is 6.10. The first-order valence-corrected chi connectivity index (χ1v) is 13.6. The second-order valence-electron chi connectivity index (χ2n) is 9.34. The number of nitrogens with one attached hydrogen (secondary N) is 1. The minimum Gasteiger partial charge on any atom is -0.368 e. The van der Waals surface area contributed by atoms with E-state index in [0.29, 0.717) is 22.1 Å². The van der Waals surface area contributed by atoms with Gasteiger partial charge in [0.2, 0.25) is 0 Å². The summed E-state index contributed by atoms with van der Waals surface area (Å²) in [5.41, 5.74) is 3.30. The maximum Gasteiger partial charge on any atom is 0.416 e. The number of alkyl halides is 3. The molecule has 0 bridgehead atoms. The van der Waals surface area contributed by atoms with E-state index in [1.54, 1.807) is 18.2 Å². The van der Waals surface area contributed by atoms with Crippen molar-refractivity contribution in [3.8, 4) is 0 Å². The van der Waals surface area contributed by atoms with E-state index in [1.165, 1.54) is 48.9 Å². The molecule has 0 saturated heterocycles. The molecule has 0 saturated carbocycles. The van der Waals surface area contributed by atoms with Crippen molar-refractivity contribution < 1.29 is 27.6 Å². The predicted octanol–water partition coefficient (Wildman–Crippen LogP) is 7.61. The molecule has 0 atom stereocenters. The quantitative estimate of drug-likeness (QED) is 0.171. The van der Waals surface area contributed by atoms with Gasteiger partial charge in [-0.05, 0) is 59.4 Å². The monoisotopic (exact) mass is 604 g/mol. The molecule has 208 valence electrons. The number of unbranched alkanes of at least 4 members (excludes halogenated alkanes) is 2. The molecule has 1 N–H and O–H groups in total. The Hall–Kier alpha value is -3.17. The lowest BCUT2D eigenvalue weighted by molar-refractivity contribution is -0.194. The molecule has 0 fully saturated rings. The summed E-state index contributed by atoms with van der Waals surface area (Å²) in [5.74, 6) is -0.779. The van der Waals surface area contributed by atoms with Crippen LogP contribution in [0.3, 0.4) is 0 Å². The molecule has 0 aliphatic carbocycles. The molecule has 3 aromatic carbocycles.